The average Bonchev–Trinajstić information content (AvgIpc) is 2.30. The molecule has 1 aliphatic heterocycles. The molecule has 0 aromatic heterocycles. The first-order chi connectivity index (χ1) is 8.20. The predicted molar refractivity (Wildman–Crippen MR) is 63.1 cm³/mol. The van der Waals surface area contributed by atoms with E-state index in [0.29, 0.717) is 24.4 Å². The molecule has 2 rings (SSSR count). The molecule has 2 amide bonds. The van der Waals surface area contributed by atoms with Crippen molar-refractivity contribution in [3.05, 3.63) is 29.3 Å². The van der Waals surface area contributed by atoms with E-state index >= 15 is 0 Å². The molecule has 0 atom stereocenters. The van der Waals surface area contributed by atoms with Gasteiger partial charge in [0, 0.05) is 17.8 Å². The molecular formula is C12H14N2O3. The molecule has 0 saturated carbocycles. The van der Waals surface area contributed by atoms with Crippen LogP contribution in [0.3, 0.4) is 0 Å². The fourth-order valence-corrected chi connectivity index (χ4v) is 1.77. The van der Waals surface area contributed by atoms with Crippen LogP contribution in [0.4, 0.5) is 10.5 Å². The maximum absolute atomic E-state index is 11.6. The van der Waals surface area contributed by atoms with E-state index in [-0.39, 0.29) is 5.91 Å². The summed E-state index contributed by atoms with van der Waals surface area (Å²) in [5.41, 5.74) is 2.19. The molecule has 1 aliphatic rings. The third kappa shape index (κ3) is 2.55. The van der Waals surface area contributed by atoms with E-state index in [1.54, 1.807) is 19.1 Å². The van der Waals surface area contributed by atoms with Crippen LogP contribution >= 0.6 is 0 Å². The van der Waals surface area contributed by atoms with E-state index in [0.717, 1.165) is 12.0 Å². The fourth-order valence-electron chi connectivity index (χ4n) is 1.77. The quantitative estimate of drug-likeness (QED) is 0.815. The molecular weight excluding hydrogens is 220 g/mol. The van der Waals surface area contributed by atoms with Gasteiger partial charge in [-0.2, -0.15) is 0 Å². The maximum Gasteiger partial charge on any atom is 0.411 e. The van der Waals surface area contributed by atoms with Gasteiger partial charge in [-0.1, -0.05) is 6.07 Å². The van der Waals surface area contributed by atoms with Crippen molar-refractivity contribution in [1.29, 1.82) is 0 Å². The molecule has 1 aromatic rings. The Morgan fingerprint density at radius 3 is 3.12 bits per heavy atom. The van der Waals surface area contributed by atoms with E-state index in [4.69, 9.17) is 4.74 Å². The van der Waals surface area contributed by atoms with Crippen LogP contribution in [-0.4, -0.2) is 25.2 Å². The van der Waals surface area contributed by atoms with Crippen molar-refractivity contribution in [3.8, 4) is 0 Å². The van der Waals surface area contributed by atoms with Crippen molar-refractivity contribution >= 4 is 17.7 Å². The smallest absolute Gasteiger partial charge is 0.411 e. The molecule has 1 heterocycles. The van der Waals surface area contributed by atoms with Crippen LogP contribution in [0.5, 0.6) is 0 Å². The summed E-state index contributed by atoms with van der Waals surface area (Å²) in [4.78, 5) is 22.8. The van der Waals surface area contributed by atoms with Crippen LogP contribution in [0, 0.1) is 0 Å². The molecule has 0 radical (unpaired) electrons. The molecule has 2 N–H and O–H groups in total. The number of carbonyl (C=O) groups excluding carboxylic acids is 2. The Balaban J connectivity index is 2.18. The molecule has 0 saturated heterocycles. The van der Waals surface area contributed by atoms with Gasteiger partial charge in [0.05, 0.1) is 6.61 Å². The van der Waals surface area contributed by atoms with Crippen LogP contribution in [0.2, 0.25) is 0 Å². The second-order valence-corrected chi connectivity index (χ2v) is 3.72. The number of fused-ring (bicyclic) bond motifs is 1. The molecule has 0 fully saturated rings. The van der Waals surface area contributed by atoms with Gasteiger partial charge < -0.3 is 10.1 Å². The summed E-state index contributed by atoms with van der Waals surface area (Å²) < 4.78 is 4.77. The lowest BCUT2D eigenvalue weighted by Gasteiger charge is -2.17. The lowest BCUT2D eigenvalue weighted by Crippen LogP contribution is -2.31. The van der Waals surface area contributed by atoms with E-state index in [1.807, 2.05) is 6.07 Å². The van der Waals surface area contributed by atoms with Gasteiger partial charge in [-0.3, -0.25) is 10.1 Å². The number of hydrogen-bond acceptors (Lipinski definition) is 3. The minimum atomic E-state index is -0.510. The zero-order valence-electron chi connectivity index (χ0n) is 9.58. The van der Waals surface area contributed by atoms with Crippen molar-refractivity contribution in [2.45, 2.75) is 13.3 Å². The monoisotopic (exact) mass is 234 g/mol. The SMILES string of the molecule is CCOC(=O)Nc1ccc2c(c1)C(=O)NCC2. The summed E-state index contributed by atoms with van der Waals surface area (Å²) >= 11 is 0. The zero-order chi connectivity index (χ0) is 12.3. The highest BCUT2D eigenvalue weighted by Gasteiger charge is 2.17. The molecule has 0 spiro atoms. The first-order valence-corrected chi connectivity index (χ1v) is 5.55. The Morgan fingerprint density at radius 2 is 2.35 bits per heavy atom. The van der Waals surface area contributed by atoms with Crippen LogP contribution in [0.1, 0.15) is 22.8 Å². The summed E-state index contributed by atoms with van der Waals surface area (Å²) in [6.07, 6.45) is 0.310. The zero-order valence-corrected chi connectivity index (χ0v) is 9.58. The summed E-state index contributed by atoms with van der Waals surface area (Å²) in [6, 6.07) is 5.30. The van der Waals surface area contributed by atoms with Gasteiger partial charge in [0.15, 0.2) is 0 Å². The van der Waals surface area contributed by atoms with Crippen molar-refractivity contribution in [2.24, 2.45) is 0 Å². The predicted octanol–water partition coefficient (Wildman–Crippen LogP) is 1.54. The summed E-state index contributed by atoms with van der Waals surface area (Å²) in [7, 11) is 0. The van der Waals surface area contributed by atoms with Crippen LogP contribution < -0.4 is 10.6 Å². The van der Waals surface area contributed by atoms with Crippen molar-refractivity contribution in [3.63, 3.8) is 0 Å². The Hall–Kier alpha value is -2.04. The Bertz CT molecular complexity index is 457. The van der Waals surface area contributed by atoms with Crippen LogP contribution in [-0.2, 0) is 11.2 Å². The number of carbonyl (C=O) groups is 2. The average molecular weight is 234 g/mol. The van der Waals surface area contributed by atoms with Crippen molar-refractivity contribution < 1.29 is 14.3 Å². The van der Waals surface area contributed by atoms with Gasteiger partial charge in [0.2, 0.25) is 0 Å². The number of hydrogen-bond donors (Lipinski definition) is 2. The second-order valence-electron chi connectivity index (χ2n) is 3.72. The first kappa shape index (κ1) is 11.4. The van der Waals surface area contributed by atoms with E-state index in [9.17, 15) is 9.59 Å². The lowest BCUT2D eigenvalue weighted by atomic mass is 10.00. The summed E-state index contributed by atoms with van der Waals surface area (Å²) in [6.45, 7) is 2.72. The molecule has 0 unspecified atom stereocenters. The van der Waals surface area contributed by atoms with Gasteiger partial charge in [0.1, 0.15) is 0 Å². The highest BCUT2D eigenvalue weighted by atomic mass is 16.5. The van der Waals surface area contributed by atoms with Crippen molar-refractivity contribution in [1.82, 2.24) is 5.32 Å². The van der Waals surface area contributed by atoms with Crippen LogP contribution in [0.15, 0.2) is 18.2 Å². The molecule has 0 bridgehead atoms. The van der Waals surface area contributed by atoms with Gasteiger partial charge in [-0.25, -0.2) is 4.79 Å². The molecule has 17 heavy (non-hydrogen) atoms. The number of ether oxygens (including phenoxy) is 1. The van der Waals surface area contributed by atoms with Gasteiger partial charge in [-0.15, -0.1) is 0 Å². The highest BCUT2D eigenvalue weighted by molar-refractivity contribution is 5.98. The molecule has 1 aromatic carbocycles. The Kier molecular flexibility index (Phi) is 3.27. The standard InChI is InChI=1S/C12H14N2O3/c1-2-17-12(16)14-9-4-3-8-5-6-13-11(15)10(8)7-9/h3-4,7H,2,5-6H2,1H3,(H,13,15)(H,14,16). The maximum atomic E-state index is 11.6. The number of nitrogens with one attached hydrogen (secondary N) is 2. The van der Waals surface area contributed by atoms with Crippen LogP contribution in [0.25, 0.3) is 0 Å². The highest BCUT2D eigenvalue weighted by Crippen LogP contribution is 2.19. The third-order valence-electron chi connectivity index (χ3n) is 2.56. The van der Waals surface area contributed by atoms with Gasteiger partial charge in [-0.05, 0) is 31.0 Å². The largest absolute Gasteiger partial charge is 0.450 e. The van der Waals surface area contributed by atoms with E-state index in [1.165, 1.54) is 0 Å². The lowest BCUT2D eigenvalue weighted by molar-refractivity contribution is 0.0946. The van der Waals surface area contributed by atoms with E-state index < -0.39 is 6.09 Å². The minimum absolute atomic E-state index is 0.0984. The number of benzene rings is 1. The minimum Gasteiger partial charge on any atom is -0.450 e. The van der Waals surface area contributed by atoms with Crippen molar-refractivity contribution in [2.75, 3.05) is 18.5 Å². The molecule has 90 valence electrons. The summed E-state index contributed by atoms with van der Waals surface area (Å²) in [5, 5.41) is 5.33. The van der Waals surface area contributed by atoms with E-state index in [2.05, 4.69) is 10.6 Å². The van der Waals surface area contributed by atoms with Gasteiger partial charge >= 0.3 is 6.09 Å². The number of anilines is 1. The summed E-state index contributed by atoms with van der Waals surface area (Å²) in [5.74, 6) is -0.0984. The molecule has 5 nitrogen and oxygen atoms in total. The Morgan fingerprint density at radius 1 is 1.53 bits per heavy atom. The topological polar surface area (TPSA) is 67.4 Å². The number of amides is 2. The first-order valence-electron chi connectivity index (χ1n) is 5.55. The third-order valence-corrected chi connectivity index (χ3v) is 2.56. The normalized spacial score (nSPS) is 13.6. The van der Waals surface area contributed by atoms with Gasteiger partial charge in [0.25, 0.3) is 5.91 Å². The molecule has 0 aliphatic carbocycles. The number of rotatable bonds is 2. The fraction of sp³-hybridized carbons (Fsp3) is 0.333. The Labute approximate surface area is 99.2 Å². The molecule has 5 heteroatoms. The second kappa shape index (κ2) is 4.86.